The maximum Gasteiger partial charge on any atom is 0.0605 e. The molecule has 0 aromatic rings. The second kappa shape index (κ2) is 6.52. The number of ether oxygens (including phenoxy) is 1. The van der Waals surface area contributed by atoms with Crippen LogP contribution in [0.5, 0.6) is 0 Å². The Balaban J connectivity index is 0.000000280. The van der Waals surface area contributed by atoms with E-state index in [4.69, 9.17) is 4.74 Å². The smallest absolute Gasteiger partial charge is 0.0605 e. The number of hydrogen-bond acceptors (Lipinski definition) is 1. The third-order valence-corrected chi connectivity index (χ3v) is 2.11. The Morgan fingerprint density at radius 2 is 0.733 bits per heavy atom. The Morgan fingerprint density at radius 3 is 0.800 bits per heavy atom. The van der Waals surface area contributed by atoms with Crippen LogP contribution in [0.4, 0.5) is 0 Å². The lowest BCUT2D eigenvalue weighted by Crippen LogP contribution is -2.31. The van der Waals surface area contributed by atoms with Crippen molar-refractivity contribution in [2.75, 3.05) is 0 Å². The van der Waals surface area contributed by atoms with Crippen LogP contribution < -0.4 is 0 Å². The Hall–Kier alpha value is -0.0400. The highest BCUT2D eigenvalue weighted by Crippen LogP contribution is 2.18. The molecule has 1 aliphatic rings. The molecule has 1 aliphatic carbocycles. The molecule has 1 fully saturated rings. The second-order valence-corrected chi connectivity index (χ2v) is 6.45. The Kier molecular flexibility index (Phi) is 6.51. The Morgan fingerprint density at radius 1 is 0.533 bits per heavy atom. The molecule has 15 heavy (non-hydrogen) atoms. The van der Waals surface area contributed by atoms with Gasteiger partial charge in [0.15, 0.2) is 0 Å². The Labute approximate surface area is 96.6 Å². The summed E-state index contributed by atoms with van der Waals surface area (Å²) in [5.74, 6) is 0. The van der Waals surface area contributed by atoms with Crippen LogP contribution in [0, 0.1) is 0 Å². The molecule has 1 nitrogen and oxygen atoms in total. The molecule has 0 N–H and O–H groups in total. The minimum Gasteiger partial charge on any atom is -0.370 e. The van der Waals surface area contributed by atoms with Crippen LogP contribution in [-0.4, -0.2) is 11.2 Å². The lowest BCUT2D eigenvalue weighted by Gasteiger charge is -2.30. The third kappa shape index (κ3) is 14.0. The molecule has 0 bridgehead atoms. The molecule has 0 saturated heterocycles. The summed E-state index contributed by atoms with van der Waals surface area (Å²) in [6.45, 7) is 12.4. The van der Waals surface area contributed by atoms with E-state index in [2.05, 4.69) is 41.5 Å². The molecule has 1 saturated carbocycles. The minimum absolute atomic E-state index is 0.0156. The van der Waals surface area contributed by atoms with Crippen LogP contribution in [0.15, 0.2) is 0 Å². The molecule has 1 heteroatoms. The monoisotopic (exact) mass is 214 g/mol. The van der Waals surface area contributed by atoms with Gasteiger partial charge in [0.05, 0.1) is 11.2 Å². The van der Waals surface area contributed by atoms with E-state index in [9.17, 15) is 0 Å². The zero-order valence-corrected chi connectivity index (χ0v) is 11.7. The normalized spacial score (nSPS) is 18.0. The topological polar surface area (TPSA) is 9.23 Å². The summed E-state index contributed by atoms with van der Waals surface area (Å²) in [4.78, 5) is 0. The predicted molar refractivity (Wildman–Crippen MR) is 68.3 cm³/mol. The summed E-state index contributed by atoms with van der Waals surface area (Å²) in [5, 5.41) is 0. The summed E-state index contributed by atoms with van der Waals surface area (Å²) < 4.78 is 5.62. The van der Waals surface area contributed by atoms with Gasteiger partial charge in [0.2, 0.25) is 0 Å². The maximum atomic E-state index is 5.62. The van der Waals surface area contributed by atoms with Crippen LogP contribution in [-0.2, 0) is 4.74 Å². The van der Waals surface area contributed by atoms with Crippen molar-refractivity contribution in [2.45, 2.75) is 91.3 Å². The quantitative estimate of drug-likeness (QED) is 0.555. The highest BCUT2D eigenvalue weighted by molar-refractivity contribution is 4.68. The zero-order valence-electron chi connectivity index (χ0n) is 11.7. The second-order valence-electron chi connectivity index (χ2n) is 6.45. The summed E-state index contributed by atoms with van der Waals surface area (Å²) in [7, 11) is 0. The first kappa shape index (κ1) is 15.0. The van der Waals surface area contributed by atoms with Gasteiger partial charge in [0.25, 0.3) is 0 Å². The molecule has 0 unspecified atom stereocenters. The first-order valence-electron chi connectivity index (χ1n) is 6.41. The molecule has 0 radical (unpaired) electrons. The van der Waals surface area contributed by atoms with Crippen molar-refractivity contribution >= 4 is 0 Å². The first-order valence-corrected chi connectivity index (χ1v) is 6.41. The van der Waals surface area contributed by atoms with Crippen molar-refractivity contribution in [3.63, 3.8) is 0 Å². The summed E-state index contributed by atoms with van der Waals surface area (Å²) >= 11 is 0. The van der Waals surface area contributed by atoms with Crippen molar-refractivity contribution in [3.8, 4) is 0 Å². The standard InChI is InChI=1S/C8H18O.C6H12/c1-7(2,3)9-8(4,5)6;1-2-4-6-5-3-1/h1-6H3;1-6H2. The molecule has 1 rings (SSSR count). The van der Waals surface area contributed by atoms with Gasteiger partial charge in [-0.05, 0) is 41.5 Å². The summed E-state index contributed by atoms with van der Waals surface area (Å²) in [6, 6.07) is 0. The van der Waals surface area contributed by atoms with E-state index in [1.807, 2.05) is 0 Å². The van der Waals surface area contributed by atoms with E-state index < -0.39 is 0 Å². The van der Waals surface area contributed by atoms with Crippen LogP contribution in [0.25, 0.3) is 0 Å². The van der Waals surface area contributed by atoms with E-state index >= 15 is 0 Å². The molecule has 0 spiro atoms. The minimum atomic E-state index is -0.0156. The zero-order chi connectivity index (χ0) is 11.9. The van der Waals surface area contributed by atoms with Crippen LogP contribution in [0.1, 0.15) is 80.1 Å². The van der Waals surface area contributed by atoms with Gasteiger partial charge in [-0.15, -0.1) is 0 Å². The molecular weight excluding hydrogens is 184 g/mol. The molecule has 0 aromatic heterocycles. The van der Waals surface area contributed by atoms with E-state index in [1.165, 1.54) is 38.5 Å². The molecule has 0 aliphatic heterocycles. The van der Waals surface area contributed by atoms with Crippen LogP contribution >= 0.6 is 0 Å². The van der Waals surface area contributed by atoms with Gasteiger partial charge in [-0.25, -0.2) is 0 Å². The van der Waals surface area contributed by atoms with Gasteiger partial charge in [-0.3, -0.25) is 0 Å². The molecule has 92 valence electrons. The lowest BCUT2D eigenvalue weighted by molar-refractivity contribution is -0.102. The van der Waals surface area contributed by atoms with E-state index in [0.717, 1.165) is 0 Å². The average molecular weight is 214 g/mol. The van der Waals surface area contributed by atoms with Crippen molar-refractivity contribution < 1.29 is 4.74 Å². The van der Waals surface area contributed by atoms with Crippen molar-refractivity contribution in [3.05, 3.63) is 0 Å². The highest BCUT2D eigenvalue weighted by Gasteiger charge is 2.19. The molecule has 0 aromatic carbocycles. The van der Waals surface area contributed by atoms with Crippen molar-refractivity contribution in [1.82, 2.24) is 0 Å². The largest absolute Gasteiger partial charge is 0.370 e. The van der Waals surface area contributed by atoms with Crippen LogP contribution in [0.3, 0.4) is 0 Å². The number of hydrogen-bond donors (Lipinski definition) is 0. The van der Waals surface area contributed by atoms with Gasteiger partial charge < -0.3 is 4.74 Å². The maximum absolute atomic E-state index is 5.62. The molecule has 0 amide bonds. The van der Waals surface area contributed by atoms with Gasteiger partial charge in [-0.1, -0.05) is 38.5 Å². The summed E-state index contributed by atoms with van der Waals surface area (Å²) in [5.41, 5.74) is -0.0312. The van der Waals surface area contributed by atoms with Gasteiger partial charge in [-0.2, -0.15) is 0 Å². The fourth-order valence-corrected chi connectivity index (χ4v) is 1.98. The first-order chi connectivity index (χ1) is 6.71. The van der Waals surface area contributed by atoms with Gasteiger partial charge >= 0.3 is 0 Å². The summed E-state index contributed by atoms with van der Waals surface area (Å²) in [6.07, 6.45) is 9.00. The lowest BCUT2D eigenvalue weighted by atomic mass is 10.0. The van der Waals surface area contributed by atoms with Crippen molar-refractivity contribution in [2.24, 2.45) is 0 Å². The fraction of sp³-hybridized carbons (Fsp3) is 1.00. The van der Waals surface area contributed by atoms with E-state index in [-0.39, 0.29) is 11.2 Å². The predicted octanol–water partition coefficient (Wildman–Crippen LogP) is 4.94. The molecule has 0 heterocycles. The molecule has 0 atom stereocenters. The van der Waals surface area contributed by atoms with Crippen molar-refractivity contribution in [1.29, 1.82) is 0 Å². The van der Waals surface area contributed by atoms with Gasteiger partial charge in [0.1, 0.15) is 0 Å². The number of rotatable bonds is 0. The fourth-order valence-electron chi connectivity index (χ4n) is 1.98. The average Bonchev–Trinajstić information content (AvgIpc) is 2.01. The SMILES string of the molecule is C1CCCCC1.CC(C)(C)OC(C)(C)C. The van der Waals surface area contributed by atoms with Crippen LogP contribution in [0.2, 0.25) is 0 Å². The van der Waals surface area contributed by atoms with Gasteiger partial charge in [0, 0.05) is 0 Å². The van der Waals surface area contributed by atoms with E-state index in [0.29, 0.717) is 0 Å². The highest BCUT2D eigenvalue weighted by atomic mass is 16.5. The third-order valence-electron chi connectivity index (χ3n) is 2.11. The van der Waals surface area contributed by atoms with E-state index in [1.54, 1.807) is 0 Å². The Bertz CT molecular complexity index is 120. The molecular formula is C14H30O.